The molecule has 7 rings (SSSR count). The van der Waals surface area contributed by atoms with Gasteiger partial charge in [0.1, 0.15) is 0 Å². The van der Waals surface area contributed by atoms with E-state index in [1.54, 1.807) is 0 Å². The normalized spacial score (nSPS) is 27.3. The lowest BCUT2D eigenvalue weighted by molar-refractivity contribution is -0.266. The molecule has 0 amide bonds. The van der Waals surface area contributed by atoms with Gasteiger partial charge in [-0.25, -0.2) is 0 Å². The van der Waals surface area contributed by atoms with Gasteiger partial charge in [-0.3, -0.25) is 9.35 Å². The Hall–Kier alpha value is -2.96. The van der Waals surface area contributed by atoms with Gasteiger partial charge in [0.05, 0.1) is 16.3 Å². The number of hydrogen-bond acceptors (Lipinski definition) is 4. The lowest BCUT2D eigenvalue weighted by atomic mass is 9.45. The van der Waals surface area contributed by atoms with Crippen LogP contribution in [-0.2, 0) is 30.5 Å². The first-order chi connectivity index (χ1) is 20.7. The van der Waals surface area contributed by atoms with Crippen molar-refractivity contribution in [1.82, 2.24) is 0 Å². The fourth-order valence-electron chi connectivity index (χ4n) is 7.88. The third-order valence-corrected chi connectivity index (χ3v) is 12.4. The second-order valence-corrected chi connectivity index (χ2v) is 15.7. The lowest BCUT2D eigenvalue weighted by Crippen LogP contribution is -2.57. The van der Waals surface area contributed by atoms with Crippen molar-refractivity contribution in [3.05, 3.63) is 90.5 Å². The van der Waals surface area contributed by atoms with Crippen LogP contribution in [0.2, 0.25) is 0 Å². The van der Waals surface area contributed by atoms with Gasteiger partial charge in [-0.15, -0.1) is 0 Å². The topological polar surface area (TPSA) is 80.7 Å². The highest BCUT2D eigenvalue weighted by Crippen LogP contribution is 2.65. The van der Waals surface area contributed by atoms with Crippen molar-refractivity contribution in [2.45, 2.75) is 70.2 Å². The van der Waals surface area contributed by atoms with Gasteiger partial charge in [0.25, 0.3) is 6.10 Å². The maximum atomic E-state index is 14.2. The maximum Gasteiger partial charge on any atom is 0.432 e. The Kier molecular flexibility index (Phi) is 7.85. The number of alkyl halides is 5. The molecule has 234 valence electrons. The summed E-state index contributed by atoms with van der Waals surface area (Å²) in [6, 6.07) is 28.5. The number of carbonyl (C=O) groups excluding carboxylic acids is 1. The van der Waals surface area contributed by atoms with E-state index in [9.17, 15) is 35.2 Å². The van der Waals surface area contributed by atoms with Gasteiger partial charge in [0.15, 0.2) is 14.7 Å². The van der Waals surface area contributed by atoms with Gasteiger partial charge in [0.2, 0.25) is 0 Å². The Morgan fingerprint density at radius 3 is 1.84 bits per heavy atom. The fourth-order valence-corrected chi connectivity index (χ4v) is 10.5. The summed E-state index contributed by atoms with van der Waals surface area (Å²) in [6.07, 6.45) is -8.25. The Bertz CT molecular complexity index is 1580. The van der Waals surface area contributed by atoms with Crippen LogP contribution in [0.3, 0.4) is 0 Å². The van der Waals surface area contributed by atoms with Crippen LogP contribution in [0.25, 0.3) is 0 Å². The Labute approximate surface area is 254 Å². The second kappa shape index (κ2) is 11.1. The van der Waals surface area contributed by atoms with Crippen molar-refractivity contribution in [3.8, 4) is 0 Å². The average Bonchev–Trinajstić information content (AvgIpc) is 2.95. The molecule has 44 heavy (non-hydrogen) atoms. The molecule has 3 aromatic rings. The number of carbonyl (C=O) groups is 1. The van der Waals surface area contributed by atoms with E-state index in [4.69, 9.17) is 4.55 Å². The first-order valence-corrected chi connectivity index (χ1v) is 16.9. The molecule has 3 atom stereocenters. The third kappa shape index (κ3) is 5.53. The van der Waals surface area contributed by atoms with E-state index in [2.05, 4.69) is 41.1 Å². The Morgan fingerprint density at radius 2 is 1.34 bits per heavy atom. The molecule has 3 unspecified atom stereocenters. The molecule has 0 aromatic heterocycles. The highest BCUT2D eigenvalue weighted by Gasteiger charge is 2.68. The minimum Gasteiger partial charge on any atom is -0.444 e. The van der Waals surface area contributed by atoms with Crippen molar-refractivity contribution < 1.29 is 44.5 Å². The van der Waals surface area contributed by atoms with Crippen LogP contribution >= 0.6 is 0 Å². The van der Waals surface area contributed by atoms with Gasteiger partial charge in [0, 0.05) is 0 Å². The van der Waals surface area contributed by atoms with Gasteiger partial charge in [-0.1, -0.05) is 48.5 Å². The zero-order valence-corrected chi connectivity index (χ0v) is 24.9. The number of esters is 1. The zero-order valence-electron chi connectivity index (χ0n) is 23.3. The van der Waals surface area contributed by atoms with Crippen molar-refractivity contribution >= 4 is 27.0 Å². The molecule has 4 aliphatic carbocycles. The molecule has 4 fully saturated rings. The average molecular weight is 654 g/mol. The van der Waals surface area contributed by atoms with Crippen molar-refractivity contribution in [1.29, 1.82) is 0 Å². The zero-order chi connectivity index (χ0) is 31.5. The van der Waals surface area contributed by atoms with Crippen LogP contribution in [0, 0.1) is 23.2 Å². The monoisotopic (exact) mass is 653 g/mol. The predicted molar refractivity (Wildman–Crippen MR) is 153 cm³/mol. The summed E-state index contributed by atoms with van der Waals surface area (Å²) in [5.41, 5.74) is -0.364. The molecule has 3 aromatic carbocycles. The second-order valence-electron chi connectivity index (χ2n) is 12.1. The molecule has 1 N–H and O–H groups in total. The first-order valence-electron chi connectivity index (χ1n) is 14.3. The highest BCUT2D eigenvalue weighted by atomic mass is 32.2. The highest BCUT2D eigenvalue weighted by molar-refractivity contribution is 7.97. The number of ether oxygens (including phenoxy) is 1. The van der Waals surface area contributed by atoms with Crippen molar-refractivity contribution in [3.63, 3.8) is 0 Å². The van der Waals surface area contributed by atoms with Gasteiger partial charge >= 0.3 is 27.5 Å². The van der Waals surface area contributed by atoms with Crippen LogP contribution in [0.15, 0.2) is 99.6 Å². The van der Waals surface area contributed by atoms with Crippen molar-refractivity contribution in [2.75, 3.05) is 0 Å². The summed E-state index contributed by atoms with van der Waals surface area (Å²) in [5, 5.41) is -5.75. The van der Waals surface area contributed by atoms with E-state index in [0.717, 1.165) is 33.1 Å². The summed E-state index contributed by atoms with van der Waals surface area (Å²) in [4.78, 5) is 16.7. The van der Waals surface area contributed by atoms with Gasteiger partial charge in [-0.2, -0.15) is 30.4 Å². The standard InChI is InChI=1S/C32H29F5O5S2/c33-31(34,35)28(32(36,37)44(39,40)41)42-29(38)30-17-20-14-22(18-30)27(23(15-20)19-30)21-8-7-13-26(16-21)43(24-9-3-1-4-10-24)25-11-5-2-6-12-25/h1-13,16,20,22-23,27-28H,14-15,17-19H2/p+1. The molecule has 0 radical (unpaired) electrons. The number of hydrogen-bond donors (Lipinski definition) is 1. The van der Waals surface area contributed by atoms with Crippen LogP contribution in [-0.4, -0.2) is 36.5 Å². The lowest BCUT2D eigenvalue weighted by Gasteiger charge is -2.59. The molecular formula is C32H30F5O5S2+. The van der Waals surface area contributed by atoms with E-state index in [1.165, 1.54) is 0 Å². The summed E-state index contributed by atoms with van der Waals surface area (Å²) >= 11 is 0. The van der Waals surface area contributed by atoms with E-state index >= 15 is 0 Å². The molecule has 5 nitrogen and oxygen atoms in total. The molecule has 4 saturated carbocycles. The molecule has 0 aliphatic heterocycles. The van der Waals surface area contributed by atoms with E-state index in [-0.39, 0.29) is 42.9 Å². The Balaban J connectivity index is 1.29. The van der Waals surface area contributed by atoms with Crippen LogP contribution in [0.5, 0.6) is 0 Å². The molecule has 0 spiro atoms. The summed E-state index contributed by atoms with van der Waals surface area (Å²) in [5.74, 6) is -1.64. The maximum absolute atomic E-state index is 14.2. The SMILES string of the molecule is O=C(OC(C(F)(F)F)C(F)(F)S(=O)(=O)O)C12CC3CC(C1)C(c1cccc([S+](c4ccccc4)c4ccccc4)c1)C(C3)C2. The number of halogens is 5. The molecule has 4 bridgehead atoms. The van der Waals surface area contributed by atoms with E-state index in [0.29, 0.717) is 0 Å². The summed E-state index contributed by atoms with van der Waals surface area (Å²) < 4.78 is 105. The molecule has 12 heteroatoms. The Morgan fingerprint density at radius 1 is 0.818 bits per heavy atom. The quantitative estimate of drug-likeness (QED) is 0.117. The molecule has 0 heterocycles. The van der Waals surface area contributed by atoms with Crippen molar-refractivity contribution in [2.24, 2.45) is 23.2 Å². The summed E-state index contributed by atoms with van der Waals surface area (Å²) in [7, 11) is -6.91. The smallest absolute Gasteiger partial charge is 0.432 e. The fraction of sp³-hybridized carbons (Fsp3) is 0.406. The van der Waals surface area contributed by atoms with Crippen LogP contribution in [0.1, 0.15) is 43.6 Å². The van der Waals surface area contributed by atoms with Gasteiger partial charge in [-0.05, 0) is 97.7 Å². The van der Waals surface area contributed by atoms with E-state index in [1.807, 2.05) is 48.5 Å². The van der Waals surface area contributed by atoms with Gasteiger partial charge < -0.3 is 4.74 Å². The minimum absolute atomic E-state index is 0.00849. The summed E-state index contributed by atoms with van der Waals surface area (Å²) in [6.45, 7) is 0. The number of rotatable bonds is 8. The van der Waals surface area contributed by atoms with E-state index < -0.39 is 49.9 Å². The largest absolute Gasteiger partial charge is 0.444 e. The molecule has 0 saturated heterocycles. The minimum atomic E-state index is -6.51. The first kappa shape index (κ1) is 31.0. The third-order valence-electron chi connectivity index (χ3n) is 9.31. The predicted octanol–water partition coefficient (Wildman–Crippen LogP) is 7.65. The van der Waals surface area contributed by atoms with Crippen LogP contribution in [0.4, 0.5) is 22.0 Å². The molecular weight excluding hydrogens is 623 g/mol. The van der Waals surface area contributed by atoms with Crippen LogP contribution < -0.4 is 0 Å². The number of benzene rings is 3. The molecule has 4 aliphatic rings.